The van der Waals surface area contributed by atoms with Gasteiger partial charge in [0.15, 0.2) is 0 Å². The first kappa shape index (κ1) is 16.7. The third kappa shape index (κ3) is 3.52. The van der Waals surface area contributed by atoms with Crippen LogP contribution in [0.15, 0.2) is 24.3 Å². The van der Waals surface area contributed by atoms with Crippen LogP contribution < -0.4 is 20.3 Å². The van der Waals surface area contributed by atoms with Gasteiger partial charge >= 0.3 is 0 Å². The van der Waals surface area contributed by atoms with Gasteiger partial charge in [0.25, 0.3) is 0 Å². The van der Waals surface area contributed by atoms with E-state index in [0.29, 0.717) is 31.9 Å². The third-order valence-corrected chi connectivity index (χ3v) is 4.44. The minimum absolute atomic E-state index is 0.00513. The normalized spacial score (nSPS) is 27.2. The Morgan fingerprint density at radius 1 is 1.46 bits per heavy atom. The molecule has 2 aliphatic rings. The van der Waals surface area contributed by atoms with Gasteiger partial charge < -0.3 is 25.0 Å². The van der Waals surface area contributed by atoms with E-state index in [0.717, 1.165) is 5.69 Å². The number of hydrogen-bond acceptors (Lipinski definition) is 5. The van der Waals surface area contributed by atoms with Gasteiger partial charge in [-0.1, -0.05) is 6.07 Å². The highest BCUT2D eigenvalue weighted by Gasteiger charge is 2.35. The first-order chi connectivity index (χ1) is 11.6. The van der Waals surface area contributed by atoms with E-state index in [4.69, 9.17) is 9.47 Å². The molecule has 3 atom stereocenters. The summed E-state index contributed by atoms with van der Waals surface area (Å²) in [7, 11) is 1.59. The number of amides is 2. The monoisotopic (exact) mass is 333 g/mol. The zero-order valence-electron chi connectivity index (χ0n) is 14.0. The molecule has 3 rings (SSSR count). The summed E-state index contributed by atoms with van der Waals surface area (Å²) in [6.45, 7) is 3.59. The lowest BCUT2D eigenvalue weighted by molar-refractivity contribution is -0.129. The van der Waals surface area contributed by atoms with Gasteiger partial charge in [-0.3, -0.25) is 9.59 Å². The van der Waals surface area contributed by atoms with Crippen molar-refractivity contribution in [3.05, 3.63) is 24.3 Å². The van der Waals surface area contributed by atoms with Crippen molar-refractivity contribution in [1.29, 1.82) is 0 Å². The molecule has 2 fully saturated rings. The topological polar surface area (TPSA) is 79.9 Å². The van der Waals surface area contributed by atoms with E-state index in [-0.39, 0.29) is 30.0 Å². The smallest absolute Gasteiger partial charge is 0.240 e. The van der Waals surface area contributed by atoms with Gasteiger partial charge in [-0.2, -0.15) is 0 Å². The lowest BCUT2D eigenvalue weighted by Crippen LogP contribution is -2.57. The maximum Gasteiger partial charge on any atom is 0.240 e. The molecule has 130 valence electrons. The van der Waals surface area contributed by atoms with E-state index in [9.17, 15) is 9.59 Å². The highest BCUT2D eigenvalue weighted by Crippen LogP contribution is 2.25. The first-order valence-electron chi connectivity index (χ1n) is 8.18. The Hall–Kier alpha value is -2.12. The second kappa shape index (κ2) is 7.19. The van der Waals surface area contributed by atoms with Gasteiger partial charge in [0, 0.05) is 31.3 Å². The number of nitrogens with one attached hydrogen (secondary N) is 2. The van der Waals surface area contributed by atoms with E-state index in [2.05, 4.69) is 10.6 Å². The fraction of sp³-hybridized carbons (Fsp3) is 0.529. The van der Waals surface area contributed by atoms with Crippen LogP contribution in [-0.2, 0) is 14.3 Å². The predicted molar refractivity (Wildman–Crippen MR) is 89.1 cm³/mol. The number of methoxy groups -OCH3 is 1. The molecule has 2 aliphatic heterocycles. The minimum Gasteiger partial charge on any atom is -0.497 e. The largest absolute Gasteiger partial charge is 0.497 e. The van der Waals surface area contributed by atoms with Crippen LogP contribution in [0.2, 0.25) is 0 Å². The van der Waals surface area contributed by atoms with Crippen molar-refractivity contribution in [2.45, 2.75) is 31.5 Å². The van der Waals surface area contributed by atoms with Crippen molar-refractivity contribution in [2.24, 2.45) is 0 Å². The van der Waals surface area contributed by atoms with Crippen LogP contribution in [0.3, 0.4) is 0 Å². The molecule has 2 amide bonds. The number of benzene rings is 1. The number of carbonyl (C=O) groups excluding carboxylic acids is 2. The number of nitrogens with zero attached hydrogens (tertiary/aromatic N) is 1. The van der Waals surface area contributed by atoms with Gasteiger partial charge in [0.1, 0.15) is 11.8 Å². The third-order valence-electron chi connectivity index (χ3n) is 4.44. The SMILES string of the molecule is COc1cccc(N2CC(NC(=O)[C@H]3NCCO[C@@H]3C)CC2=O)c1. The fourth-order valence-corrected chi connectivity index (χ4v) is 3.15. The molecule has 0 aliphatic carbocycles. The molecule has 7 heteroatoms. The quantitative estimate of drug-likeness (QED) is 0.828. The molecule has 2 saturated heterocycles. The Morgan fingerprint density at radius 3 is 3.04 bits per heavy atom. The lowest BCUT2D eigenvalue weighted by atomic mass is 10.1. The summed E-state index contributed by atoms with van der Waals surface area (Å²) >= 11 is 0. The number of hydrogen-bond donors (Lipinski definition) is 2. The van der Waals surface area contributed by atoms with Crippen molar-refractivity contribution < 1.29 is 19.1 Å². The van der Waals surface area contributed by atoms with E-state index >= 15 is 0 Å². The number of morpholine rings is 1. The van der Waals surface area contributed by atoms with Gasteiger partial charge in [0.2, 0.25) is 11.8 Å². The van der Waals surface area contributed by atoms with Gasteiger partial charge in [0.05, 0.1) is 25.9 Å². The average Bonchev–Trinajstić information content (AvgIpc) is 2.95. The molecule has 0 aromatic heterocycles. The standard InChI is InChI=1S/C17H23N3O4/c1-11-16(18-6-7-24-11)17(22)19-12-8-15(21)20(10-12)13-4-3-5-14(9-13)23-2/h3-5,9,11-12,16,18H,6-8,10H2,1-2H3,(H,19,22)/t11-,12?,16+/m1/s1. The van der Waals surface area contributed by atoms with E-state index in [1.165, 1.54) is 0 Å². The van der Waals surface area contributed by atoms with Crippen LogP contribution in [0.4, 0.5) is 5.69 Å². The Bertz CT molecular complexity index is 622. The van der Waals surface area contributed by atoms with Crippen LogP contribution in [0.25, 0.3) is 0 Å². The van der Waals surface area contributed by atoms with E-state index in [1.54, 1.807) is 12.0 Å². The highest BCUT2D eigenvalue weighted by atomic mass is 16.5. The summed E-state index contributed by atoms with van der Waals surface area (Å²) in [4.78, 5) is 26.4. The molecule has 24 heavy (non-hydrogen) atoms. The molecule has 0 saturated carbocycles. The number of ether oxygens (including phenoxy) is 2. The second-order valence-corrected chi connectivity index (χ2v) is 6.12. The van der Waals surface area contributed by atoms with Crippen LogP contribution in [0.1, 0.15) is 13.3 Å². The molecule has 1 aromatic carbocycles. The molecule has 2 N–H and O–H groups in total. The Labute approximate surface area is 141 Å². The first-order valence-corrected chi connectivity index (χ1v) is 8.18. The van der Waals surface area contributed by atoms with Crippen LogP contribution in [-0.4, -0.2) is 56.8 Å². The zero-order chi connectivity index (χ0) is 17.1. The maximum absolute atomic E-state index is 12.4. The molecule has 2 heterocycles. The Kier molecular flexibility index (Phi) is 5.01. The predicted octanol–water partition coefficient (Wildman–Crippen LogP) is 0.294. The van der Waals surface area contributed by atoms with Gasteiger partial charge in [-0.05, 0) is 19.1 Å². The van der Waals surface area contributed by atoms with Crippen molar-refractivity contribution in [3.8, 4) is 5.75 Å². The van der Waals surface area contributed by atoms with Gasteiger partial charge in [-0.15, -0.1) is 0 Å². The number of rotatable bonds is 4. The van der Waals surface area contributed by atoms with Crippen molar-refractivity contribution >= 4 is 17.5 Å². The molecule has 1 aromatic rings. The molecule has 7 nitrogen and oxygen atoms in total. The summed E-state index contributed by atoms with van der Waals surface area (Å²) < 4.78 is 10.7. The Morgan fingerprint density at radius 2 is 2.29 bits per heavy atom. The molecular weight excluding hydrogens is 310 g/mol. The lowest BCUT2D eigenvalue weighted by Gasteiger charge is -2.30. The molecule has 0 bridgehead atoms. The second-order valence-electron chi connectivity index (χ2n) is 6.12. The van der Waals surface area contributed by atoms with E-state index < -0.39 is 0 Å². The summed E-state index contributed by atoms with van der Waals surface area (Å²) in [6.07, 6.45) is 0.121. The summed E-state index contributed by atoms with van der Waals surface area (Å²) in [5.74, 6) is 0.576. The van der Waals surface area contributed by atoms with Crippen LogP contribution in [0.5, 0.6) is 5.75 Å². The summed E-state index contributed by atoms with van der Waals surface area (Å²) in [5, 5.41) is 6.12. The highest BCUT2D eigenvalue weighted by molar-refractivity contribution is 5.97. The van der Waals surface area contributed by atoms with Crippen LogP contribution in [0, 0.1) is 0 Å². The summed E-state index contributed by atoms with van der Waals surface area (Å²) in [5.41, 5.74) is 0.781. The minimum atomic E-state index is -0.375. The summed E-state index contributed by atoms with van der Waals surface area (Å²) in [6, 6.07) is 6.79. The zero-order valence-corrected chi connectivity index (χ0v) is 14.0. The Balaban J connectivity index is 1.63. The molecule has 0 spiro atoms. The average molecular weight is 333 g/mol. The van der Waals surface area contributed by atoms with Crippen molar-refractivity contribution in [2.75, 3.05) is 31.7 Å². The van der Waals surface area contributed by atoms with Gasteiger partial charge in [-0.25, -0.2) is 0 Å². The van der Waals surface area contributed by atoms with Crippen molar-refractivity contribution in [3.63, 3.8) is 0 Å². The van der Waals surface area contributed by atoms with E-state index in [1.807, 2.05) is 31.2 Å². The number of anilines is 1. The van der Waals surface area contributed by atoms with Crippen molar-refractivity contribution in [1.82, 2.24) is 10.6 Å². The maximum atomic E-state index is 12.4. The molecular formula is C17H23N3O4. The molecule has 1 unspecified atom stereocenters. The fourth-order valence-electron chi connectivity index (χ4n) is 3.15. The van der Waals surface area contributed by atoms with Crippen LogP contribution >= 0.6 is 0 Å². The molecule has 0 radical (unpaired) electrons. The number of carbonyl (C=O) groups is 2.